The molecule has 0 bridgehead atoms. The van der Waals surface area contributed by atoms with Gasteiger partial charge in [-0.1, -0.05) is 12.5 Å². The molecule has 24 heavy (non-hydrogen) atoms. The molecule has 126 valence electrons. The normalized spacial score (nSPS) is 18.5. The fraction of sp³-hybridized carbons (Fsp3) is 0.450. The summed E-state index contributed by atoms with van der Waals surface area (Å²) in [4.78, 5) is 15.9. The fourth-order valence-corrected chi connectivity index (χ4v) is 4.55. The summed E-state index contributed by atoms with van der Waals surface area (Å²) in [6.07, 6.45) is 6.36. The van der Waals surface area contributed by atoms with Crippen LogP contribution in [0.4, 0.5) is 5.69 Å². The highest BCUT2D eigenvalue weighted by molar-refractivity contribution is 7.12. The molecule has 2 aromatic rings. The number of aryl methyl sites for hydroxylation is 1. The largest absolute Gasteiger partial charge is 0.321 e. The van der Waals surface area contributed by atoms with Gasteiger partial charge < -0.3 is 5.32 Å². The summed E-state index contributed by atoms with van der Waals surface area (Å²) in [6.45, 7) is 4.31. The first-order valence-electron chi connectivity index (χ1n) is 8.92. The molecule has 0 spiro atoms. The van der Waals surface area contributed by atoms with Crippen LogP contribution >= 0.6 is 11.3 Å². The molecule has 0 saturated heterocycles. The third-order valence-corrected chi connectivity index (χ3v) is 6.48. The highest BCUT2D eigenvalue weighted by atomic mass is 32.1. The molecule has 3 nitrogen and oxygen atoms in total. The first-order valence-corrected chi connectivity index (χ1v) is 9.80. The van der Waals surface area contributed by atoms with E-state index in [9.17, 15) is 4.79 Å². The van der Waals surface area contributed by atoms with Gasteiger partial charge in [-0.15, -0.1) is 11.3 Å². The Morgan fingerprint density at radius 3 is 2.62 bits per heavy atom. The van der Waals surface area contributed by atoms with Crippen LogP contribution in [0.15, 0.2) is 29.6 Å². The number of carbonyl (C=O) groups excluding carboxylic acids is 1. The number of hydrogen-bond acceptors (Lipinski definition) is 3. The third-order valence-electron chi connectivity index (χ3n) is 5.46. The van der Waals surface area contributed by atoms with Crippen LogP contribution in [0.5, 0.6) is 0 Å². The number of fused-ring (bicyclic) bond motifs is 1. The Bertz CT molecular complexity index is 748. The van der Waals surface area contributed by atoms with E-state index in [0.29, 0.717) is 0 Å². The summed E-state index contributed by atoms with van der Waals surface area (Å²) < 4.78 is 0. The van der Waals surface area contributed by atoms with E-state index in [0.717, 1.165) is 41.6 Å². The maximum absolute atomic E-state index is 12.4. The number of amides is 1. The Balaban J connectivity index is 1.47. The molecule has 2 aliphatic rings. The summed E-state index contributed by atoms with van der Waals surface area (Å²) in [5.41, 5.74) is 4.81. The van der Waals surface area contributed by atoms with Crippen molar-refractivity contribution < 1.29 is 4.79 Å². The van der Waals surface area contributed by atoms with Crippen molar-refractivity contribution in [3.63, 3.8) is 0 Å². The first-order chi connectivity index (χ1) is 11.7. The van der Waals surface area contributed by atoms with Crippen molar-refractivity contribution in [3.05, 3.63) is 51.2 Å². The smallest absolute Gasteiger partial charge is 0.265 e. The van der Waals surface area contributed by atoms with Crippen LogP contribution in [0.2, 0.25) is 0 Å². The third kappa shape index (κ3) is 3.13. The first kappa shape index (κ1) is 15.9. The lowest BCUT2D eigenvalue weighted by atomic mass is 9.91. The summed E-state index contributed by atoms with van der Waals surface area (Å²) in [5, 5.41) is 5.04. The highest BCUT2D eigenvalue weighted by Gasteiger charge is 2.26. The lowest BCUT2D eigenvalue weighted by Gasteiger charge is -2.36. The van der Waals surface area contributed by atoms with E-state index in [1.165, 1.54) is 48.3 Å². The van der Waals surface area contributed by atoms with Crippen molar-refractivity contribution >= 4 is 22.9 Å². The van der Waals surface area contributed by atoms with E-state index in [-0.39, 0.29) is 5.91 Å². The molecule has 0 atom stereocenters. The zero-order valence-electron chi connectivity index (χ0n) is 14.2. The van der Waals surface area contributed by atoms with Gasteiger partial charge in [-0.3, -0.25) is 9.69 Å². The molecule has 4 rings (SSSR count). The van der Waals surface area contributed by atoms with Gasteiger partial charge in [-0.2, -0.15) is 0 Å². The number of nitrogens with zero attached hydrogens (tertiary/aromatic N) is 1. The van der Waals surface area contributed by atoms with E-state index in [1.54, 1.807) is 0 Å². The Labute approximate surface area is 147 Å². The molecular formula is C20H24N2OS. The zero-order chi connectivity index (χ0) is 16.5. The van der Waals surface area contributed by atoms with Crippen molar-refractivity contribution in [1.29, 1.82) is 0 Å². The van der Waals surface area contributed by atoms with E-state index in [2.05, 4.69) is 28.4 Å². The Hall–Kier alpha value is -1.65. The Morgan fingerprint density at radius 2 is 1.96 bits per heavy atom. The average molecular weight is 340 g/mol. The second-order valence-electron chi connectivity index (χ2n) is 6.99. The molecule has 1 fully saturated rings. The van der Waals surface area contributed by atoms with Gasteiger partial charge >= 0.3 is 0 Å². The second-order valence-corrected chi connectivity index (χ2v) is 7.91. The molecule has 1 saturated carbocycles. The van der Waals surface area contributed by atoms with Crippen molar-refractivity contribution in [1.82, 2.24) is 4.90 Å². The topological polar surface area (TPSA) is 32.3 Å². The summed E-state index contributed by atoms with van der Waals surface area (Å²) in [5.74, 6) is 0.00664. The van der Waals surface area contributed by atoms with Crippen molar-refractivity contribution in [2.45, 2.75) is 45.1 Å². The maximum atomic E-state index is 12.4. The van der Waals surface area contributed by atoms with Crippen LogP contribution < -0.4 is 5.32 Å². The minimum absolute atomic E-state index is 0.00664. The van der Waals surface area contributed by atoms with Gasteiger partial charge in [0.25, 0.3) is 5.91 Å². The summed E-state index contributed by atoms with van der Waals surface area (Å²) >= 11 is 1.50. The fourth-order valence-electron chi connectivity index (χ4n) is 3.73. The molecule has 1 aromatic carbocycles. The Morgan fingerprint density at radius 1 is 1.17 bits per heavy atom. The summed E-state index contributed by atoms with van der Waals surface area (Å²) in [7, 11) is 0. The number of benzene rings is 1. The minimum Gasteiger partial charge on any atom is -0.321 e. The highest BCUT2D eigenvalue weighted by Crippen LogP contribution is 2.28. The lowest BCUT2D eigenvalue weighted by molar-refractivity contribution is 0.103. The SMILES string of the molecule is Cc1ccsc1C(=O)Nc1ccc2c(c1)CCN(C1CCC1)CC2. The molecule has 0 unspecified atom stereocenters. The molecule has 4 heteroatoms. The molecule has 2 heterocycles. The van der Waals surface area contributed by atoms with Crippen LogP contribution in [0.25, 0.3) is 0 Å². The van der Waals surface area contributed by atoms with Crippen molar-refractivity contribution in [3.8, 4) is 0 Å². The number of carbonyl (C=O) groups is 1. The standard InChI is InChI=1S/C20H24N2OS/c1-14-9-12-24-19(14)20(23)21-17-6-5-15-7-10-22(18-3-2-4-18)11-8-16(15)13-17/h5-6,9,12-13,18H,2-4,7-8,10-11H2,1H3,(H,21,23). The number of nitrogens with one attached hydrogen (secondary N) is 1. The predicted octanol–water partition coefficient (Wildman–Crippen LogP) is 4.26. The van der Waals surface area contributed by atoms with Gasteiger partial charge in [0.1, 0.15) is 0 Å². The second kappa shape index (κ2) is 6.69. The maximum Gasteiger partial charge on any atom is 0.265 e. The molecule has 0 radical (unpaired) electrons. The van der Waals surface area contributed by atoms with Gasteiger partial charge in [0.05, 0.1) is 4.88 Å². The van der Waals surface area contributed by atoms with Gasteiger partial charge in [0.15, 0.2) is 0 Å². The molecule has 1 aliphatic carbocycles. The van der Waals surface area contributed by atoms with Gasteiger partial charge in [0, 0.05) is 24.8 Å². The van der Waals surface area contributed by atoms with Crippen LogP contribution in [-0.4, -0.2) is 29.9 Å². The van der Waals surface area contributed by atoms with Gasteiger partial charge in [0.2, 0.25) is 0 Å². The Kier molecular flexibility index (Phi) is 4.42. The van der Waals surface area contributed by atoms with Crippen LogP contribution in [0, 0.1) is 6.92 Å². The van der Waals surface area contributed by atoms with Crippen LogP contribution in [-0.2, 0) is 12.8 Å². The lowest BCUT2D eigenvalue weighted by Crippen LogP contribution is -2.41. The van der Waals surface area contributed by atoms with Gasteiger partial charge in [-0.25, -0.2) is 0 Å². The average Bonchev–Trinajstić information content (AvgIpc) is 2.85. The molecule has 1 aliphatic heterocycles. The predicted molar refractivity (Wildman–Crippen MR) is 100 cm³/mol. The van der Waals surface area contributed by atoms with E-state index < -0.39 is 0 Å². The molecule has 1 N–H and O–H groups in total. The van der Waals surface area contributed by atoms with E-state index >= 15 is 0 Å². The van der Waals surface area contributed by atoms with Crippen molar-refractivity contribution in [2.75, 3.05) is 18.4 Å². The molecule has 1 aromatic heterocycles. The monoisotopic (exact) mass is 340 g/mol. The number of rotatable bonds is 3. The van der Waals surface area contributed by atoms with Crippen molar-refractivity contribution in [2.24, 2.45) is 0 Å². The minimum atomic E-state index is 0.00664. The zero-order valence-corrected chi connectivity index (χ0v) is 15.0. The van der Waals surface area contributed by atoms with E-state index in [1.807, 2.05) is 18.4 Å². The number of hydrogen-bond donors (Lipinski definition) is 1. The summed E-state index contributed by atoms with van der Waals surface area (Å²) in [6, 6.07) is 9.25. The van der Waals surface area contributed by atoms with Crippen LogP contribution in [0.1, 0.15) is 45.6 Å². The van der Waals surface area contributed by atoms with Gasteiger partial charge in [-0.05, 0) is 72.9 Å². The van der Waals surface area contributed by atoms with E-state index in [4.69, 9.17) is 0 Å². The number of anilines is 1. The number of thiophene rings is 1. The molecular weight excluding hydrogens is 316 g/mol. The quantitative estimate of drug-likeness (QED) is 0.905. The molecule has 1 amide bonds. The van der Waals surface area contributed by atoms with Crippen LogP contribution in [0.3, 0.4) is 0 Å².